The molecule has 0 aromatic heterocycles. The highest BCUT2D eigenvalue weighted by molar-refractivity contribution is 9.26. The van der Waals surface area contributed by atoms with E-state index in [-0.39, 0.29) is 0 Å². The molecule has 0 aliphatic heterocycles. The minimum Gasteiger partial charge on any atom is -0.394 e. The summed E-state index contributed by atoms with van der Waals surface area (Å²) >= 11 is 0. The van der Waals surface area contributed by atoms with Crippen molar-refractivity contribution in [3.05, 3.63) is 60.7 Å². The quantitative estimate of drug-likeness (QED) is 0.125. The molecule has 0 saturated heterocycles. The standard InChI is InChI=1S/C24H38O4S4Si2/c1-21(19-33(25-3,26-4)23-13-9-7-10-14-23)17-29-31-32-30-18-22(2)20-34(27-5,28-6)24-15-11-8-12-16-24/h7-16,21-22H,17-20H2,1-6H3. The fourth-order valence-corrected chi connectivity index (χ4v) is 17.0. The average Bonchev–Trinajstić information content (AvgIpc) is 2.89. The summed E-state index contributed by atoms with van der Waals surface area (Å²) in [6.45, 7) is 4.58. The Kier molecular flexibility index (Phi) is 14.3. The summed E-state index contributed by atoms with van der Waals surface area (Å²) in [5.41, 5.74) is 0. The summed E-state index contributed by atoms with van der Waals surface area (Å²) in [5.74, 6) is 3.16. The highest BCUT2D eigenvalue weighted by atomic mass is 33.7. The fourth-order valence-electron chi connectivity index (χ4n) is 3.95. The summed E-state index contributed by atoms with van der Waals surface area (Å²) < 4.78 is 23.9. The molecule has 2 rings (SSSR count). The third-order valence-electron chi connectivity index (χ3n) is 5.81. The molecule has 0 spiro atoms. The van der Waals surface area contributed by atoms with Gasteiger partial charge in [-0.05, 0) is 53.9 Å². The summed E-state index contributed by atoms with van der Waals surface area (Å²) in [4.78, 5) is 0. The second-order valence-electron chi connectivity index (χ2n) is 8.38. The Bertz CT molecular complexity index is 729. The maximum Gasteiger partial charge on any atom is 0.372 e. The molecule has 0 aliphatic carbocycles. The number of hydrogen-bond donors (Lipinski definition) is 0. The number of hydrogen-bond acceptors (Lipinski definition) is 8. The lowest BCUT2D eigenvalue weighted by molar-refractivity contribution is 0.252. The van der Waals surface area contributed by atoms with Crippen molar-refractivity contribution >= 4 is 68.7 Å². The molecular weight excluding hydrogens is 537 g/mol. The Morgan fingerprint density at radius 1 is 0.588 bits per heavy atom. The molecule has 2 unspecified atom stereocenters. The van der Waals surface area contributed by atoms with Crippen LogP contribution in [0.2, 0.25) is 12.1 Å². The molecule has 0 bridgehead atoms. The molecule has 2 aromatic rings. The second-order valence-corrected chi connectivity index (χ2v) is 21.1. The van der Waals surface area contributed by atoms with Gasteiger partial charge >= 0.3 is 17.1 Å². The topological polar surface area (TPSA) is 36.9 Å². The van der Waals surface area contributed by atoms with Gasteiger partial charge in [0.1, 0.15) is 0 Å². The van der Waals surface area contributed by atoms with E-state index in [2.05, 4.69) is 62.4 Å². The van der Waals surface area contributed by atoms with Crippen LogP contribution in [0.4, 0.5) is 0 Å². The van der Waals surface area contributed by atoms with E-state index in [1.807, 2.05) is 53.4 Å². The third kappa shape index (κ3) is 8.90. The summed E-state index contributed by atoms with van der Waals surface area (Å²) in [6, 6.07) is 22.7. The van der Waals surface area contributed by atoms with Crippen LogP contribution in [0, 0.1) is 11.8 Å². The highest BCUT2D eigenvalue weighted by Gasteiger charge is 2.40. The first-order valence-corrected chi connectivity index (χ1v) is 20.5. The number of rotatable bonds is 17. The molecular formula is C24H38O4S4Si2. The highest BCUT2D eigenvalue weighted by Crippen LogP contribution is 2.45. The molecule has 190 valence electrons. The van der Waals surface area contributed by atoms with Crippen LogP contribution in [0.1, 0.15) is 13.8 Å². The van der Waals surface area contributed by atoms with Crippen molar-refractivity contribution < 1.29 is 17.7 Å². The predicted octanol–water partition coefficient (Wildman–Crippen LogP) is 6.22. The molecule has 10 heteroatoms. The second kappa shape index (κ2) is 16.1. The van der Waals surface area contributed by atoms with E-state index in [0.29, 0.717) is 11.8 Å². The van der Waals surface area contributed by atoms with Crippen molar-refractivity contribution in [1.82, 2.24) is 0 Å². The minimum atomic E-state index is -2.39. The van der Waals surface area contributed by atoms with Crippen LogP contribution in [0.25, 0.3) is 0 Å². The van der Waals surface area contributed by atoms with Gasteiger partial charge in [-0.25, -0.2) is 0 Å². The molecule has 0 saturated carbocycles. The van der Waals surface area contributed by atoms with Gasteiger partial charge in [-0.3, -0.25) is 0 Å². The maximum absolute atomic E-state index is 5.98. The van der Waals surface area contributed by atoms with Crippen LogP contribution >= 0.6 is 41.2 Å². The van der Waals surface area contributed by atoms with Crippen molar-refractivity contribution in [3.63, 3.8) is 0 Å². The first kappa shape index (κ1) is 30.3. The molecule has 34 heavy (non-hydrogen) atoms. The van der Waals surface area contributed by atoms with Gasteiger partial charge in [0.25, 0.3) is 0 Å². The zero-order chi connectivity index (χ0) is 24.9. The first-order valence-electron chi connectivity index (χ1n) is 11.3. The van der Waals surface area contributed by atoms with Crippen molar-refractivity contribution in [2.45, 2.75) is 25.9 Å². The van der Waals surface area contributed by atoms with Crippen LogP contribution in [0.15, 0.2) is 60.7 Å². The molecule has 2 aromatic carbocycles. The smallest absolute Gasteiger partial charge is 0.372 e. The van der Waals surface area contributed by atoms with Crippen LogP contribution in [0.3, 0.4) is 0 Å². The first-order chi connectivity index (χ1) is 16.4. The Labute approximate surface area is 223 Å². The Hall–Kier alpha value is 0.114. The molecule has 0 heterocycles. The van der Waals surface area contributed by atoms with Gasteiger partial charge in [0, 0.05) is 39.9 Å². The van der Waals surface area contributed by atoms with Gasteiger partial charge in [0.15, 0.2) is 0 Å². The molecule has 2 atom stereocenters. The van der Waals surface area contributed by atoms with E-state index in [0.717, 1.165) is 23.6 Å². The van der Waals surface area contributed by atoms with E-state index < -0.39 is 17.1 Å². The van der Waals surface area contributed by atoms with E-state index in [1.54, 1.807) is 28.4 Å². The van der Waals surface area contributed by atoms with Crippen molar-refractivity contribution in [2.75, 3.05) is 39.9 Å². The van der Waals surface area contributed by atoms with Gasteiger partial charge in [-0.1, -0.05) is 96.1 Å². The normalized spacial score (nSPS) is 14.2. The minimum absolute atomic E-state index is 0.509. The summed E-state index contributed by atoms with van der Waals surface area (Å²) in [6.07, 6.45) is 0. The molecule has 0 aliphatic rings. The fraction of sp³-hybridized carbons (Fsp3) is 0.500. The van der Waals surface area contributed by atoms with Crippen LogP contribution < -0.4 is 10.4 Å². The molecule has 0 amide bonds. The van der Waals surface area contributed by atoms with Gasteiger partial charge in [-0.15, -0.1) is 0 Å². The van der Waals surface area contributed by atoms with Crippen LogP contribution in [-0.2, 0) is 17.7 Å². The Morgan fingerprint density at radius 3 is 1.21 bits per heavy atom. The summed E-state index contributed by atoms with van der Waals surface area (Å²) in [5, 5.41) is 2.40. The SMILES string of the molecule is CO[Si](CC(C)CSSSSCC(C)C[Si](OC)(OC)c1ccccc1)(OC)c1ccccc1. The van der Waals surface area contributed by atoms with Crippen molar-refractivity contribution in [3.8, 4) is 0 Å². The largest absolute Gasteiger partial charge is 0.394 e. The lowest BCUT2D eigenvalue weighted by atomic mass is 10.3. The van der Waals surface area contributed by atoms with Crippen molar-refractivity contribution in [1.29, 1.82) is 0 Å². The van der Waals surface area contributed by atoms with Gasteiger partial charge in [0.05, 0.1) is 0 Å². The summed E-state index contributed by atoms with van der Waals surface area (Å²) in [7, 11) is 9.94. The Morgan fingerprint density at radius 2 is 0.912 bits per heavy atom. The maximum atomic E-state index is 5.98. The molecule has 0 radical (unpaired) electrons. The van der Waals surface area contributed by atoms with Gasteiger partial charge in [0.2, 0.25) is 0 Å². The lowest BCUT2D eigenvalue weighted by Crippen LogP contribution is -2.53. The van der Waals surface area contributed by atoms with E-state index in [4.69, 9.17) is 17.7 Å². The van der Waals surface area contributed by atoms with Gasteiger partial charge < -0.3 is 17.7 Å². The molecule has 0 N–H and O–H groups in total. The van der Waals surface area contributed by atoms with E-state index >= 15 is 0 Å². The van der Waals surface area contributed by atoms with Crippen LogP contribution in [-0.4, -0.2) is 57.1 Å². The average molecular weight is 575 g/mol. The molecule has 4 nitrogen and oxygen atoms in total. The monoisotopic (exact) mass is 574 g/mol. The lowest BCUT2D eigenvalue weighted by Gasteiger charge is -2.30. The molecule has 0 fully saturated rings. The van der Waals surface area contributed by atoms with Gasteiger partial charge in [-0.2, -0.15) is 0 Å². The van der Waals surface area contributed by atoms with E-state index in [1.165, 1.54) is 10.4 Å². The van der Waals surface area contributed by atoms with E-state index in [9.17, 15) is 0 Å². The zero-order valence-corrected chi connectivity index (χ0v) is 26.3. The predicted molar refractivity (Wildman–Crippen MR) is 160 cm³/mol. The number of benzene rings is 2. The van der Waals surface area contributed by atoms with Crippen LogP contribution in [0.5, 0.6) is 0 Å². The van der Waals surface area contributed by atoms with Crippen molar-refractivity contribution in [2.24, 2.45) is 11.8 Å². The Balaban J connectivity index is 1.72. The third-order valence-corrected chi connectivity index (χ3v) is 20.3. The zero-order valence-electron chi connectivity index (χ0n) is 21.0.